The predicted molar refractivity (Wildman–Crippen MR) is 79.9 cm³/mol. The normalized spacial score (nSPS) is 11.2. The van der Waals surface area contributed by atoms with Gasteiger partial charge in [0.2, 0.25) is 0 Å². The Balaban J connectivity index is 2.00. The molecule has 0 radical (unpaired) electrons. The van der Waals surface area contributed by atoms with Gasteiger partial charge in [0.05, 0.1) is 15.7 Å². The molecule has 0 aliphatic carbocycles. The second kappa shape index (κ2) is 4.96. The molecule has 4 nitrogen and oxygen atoms in total. The number of thiazole rings is 1. The minimum absolute atomic E-state index is 0.199. The van der Waals surface area contributed by atoms with Gasteiger partial charge in [-0.25, -0.2) is 13.8 Å². The van der Waals surface area contributed by atoms with Gasteiger partial charge in [-0.15, -0.1) is 21.5 Å². The summed E-state index contributed by atoms with van der Waals surface area (Å²) in [6.07, 6.45) is 1.29. The third kappa shape index (κ3) is 1.90. The van der Waals surface area contributed by atoms with Crippen LogP contribution in [0.1, 0.15) is 0 Å². The van der Waals surface area contributed by atoms with Gasteiger partial charge in [-0.2, -0.15) is 0 Å². The van der Waals surface area contributed by atoms with Gasteiger partial charge in [0.25, 0.3) is 0 Å². The number of aromatic nitrogens is 4. The van der Waals surface area contributed by atoms with Gasteiger partial charge in [-0.05, 0) is 24.3 Å². The van der Waals surface area contributed by atoms with E-state index in [0.29, 0.717) is 11.4 Å². The van der Waals surface area contributed by atoms with Crippen molar-refractivity contribution in [1.82, 2.24) is 19.7 Å². The second-order valence-corrected chi connectivity index (χ2v) is 5.49. The van der Waals surface area contributed by atoms with Crippen molar-refractivity contribution < 1.29 is 8.78 Å². The number of nitrogens with zero attached hydrogens (tertiary/aromatic N) is 4. The fourth-order valence-electron chi connectivity index (χ4n) is 2.37. The van der Waals surface area contributed by atoms with Gasteiger partial charge in [-0.3, -0.25) is 4.57 Å². The average molecular weight is 314 g/mol. The largest absolute Gasteiger partial charge is 0.276 e. The van der Waals surface area contributed by atoms with Crippen LogP contribution in [0.15, 0.2) is 48.2 Å². The van der Waals surface area contributed by atoms with Gasteiger partial charge in [-0.1, -0.05) is 12.1 Å². The molecule has 2 heterocycles. The molecule has 108 valence electrons. The SMILES string of the molecule is Fc1cccc(F)c1-n1cnnc1-c1cccc2scnc12. The highest BCUT2D eigenvalue weighted by Gasteiger charge is 2.18. The lowest BCUT2D eigenvalue weighted by Crippen LogP contribution is -2.02. The Labute approximate surface area is 127 Å². The fourth-order valence-corrected chi connectivity index (χ4v) is 3.07. The van der Waals surface area contributed by atoms with E-state index in [9.17, 15) is 8.78 Å². The Hall–Kier alpha value is -2.67. The van der Waals surface area contributed by atoms with Crippen LogP contribution in [0.5, 0.6) is 0 Å². The van der Waals surface area contributed by atoms with Crippen molar-refractivity contribution in [2.45, 2.75) is 0 Å². The van der Waals surface area contributed by atoms with Crippen LogP contribution in [0, 0.1) is 11.6 Å². The van der Waals surface area contributed by atoms with E-state index in [1.54, 1.807) is 11.6 Å². The molecule has 0 amide bonds. The average Bonchev–Trinajstić information content (AvgIpc) is 3.15. The summed E-state index contributed by atoms with van der Waals surface area (Å²) in [5, 5.41) is 7.82. The van der Waals surface area contributed by atoms with E-state index in [1.807, 2.05) is 12.1 Å². The number of fused-ring (bicyclic) bond motifs is 1. The van der Waals surface area contributed by atoms with Crippen molar-refractivity contribution in [3.05, 3.63) is 59.9 Å². The molecule has 0 saturated heterocycles. The van der Waals surface area contributed by atoms with E-state index in [1.165, 1.54) is 40.4 Å². The van der Waals surface area contributed by atoms with Crippen LogP contribution in [0.2, 0.25) is 0 Å². The summed E-state index contributed by atoms with van der Waals surface area (Å²) < 4.78 is 30.3. The molecule has 0 unspecified atom stereocenters. The maximum Gasteiger partial charge on any atom is 0.170 e. The zero-order valence-electron chi connectivity index (χ0n) is 11.1. The Kier molecular flexibility index (Phi) is 2.93. The third-order valence-electron chi connectivity index (χ3n) is 3.33. The Morgan fingerprint density at radius 3 is 2.59 bits per heavy atom. The first-order chi connectivity index (χ1) is 10.8. The Morgan fingerprint density at radius 2 is 1.77 bits per heavy atom. The van der Waals surface area contributed by atoms with E-state index >= 15 is 0 Å². The molecule has 0 bridgehead atoms. The molecular formula is C15H8F2N4S. The van der Waals surface area contributed by atoms with Crippen LogP contribution in [0.25, 0.3) is 27.3 Å². The molecule has 4 aromatic rings. The molecular weight excluding hydrogens is 306 g/mol. The topological polar surface area (TPSA) is 43.6 Å². The molecule has 2 aromatic carbocycles. The first-order valence-corrected chi connectivity index (χ1v) is 7.30. The number of benzene rings is 2. The molecule has 0 fully saturated rings. The van der Waals surface area contributed by atoms with Crippen LogP contribution in [-0.2, 0) is 0 Å². The summed E-state index contributed by atoms with van der Waals surface area (Å²) in [4.78, 5) is 4.30. The van der Waals surface area contributed by atoms with Crippen molar-refractivity contribution in [1.29, 1.82) is 0 Å². The Bertz CT molecular complexity index is 956. The summed E-state index contributed by atoms with van der Waals surface area (Å²) in [6.45, 7) is 0. The van der Waals surface area contributed by atoms with Gasteiger partial charge < -0.3 is 0 Å². The first kappa shape index (κ1) is 13.0. The van der Waals surface area contributed by atoms with Crippen LogP contribution < -0.4 is 0 Å². The number of rotatable bonds is 2. The fraction of sp³-hybridized carbons (Fsp3) is 0. The molecule has 0 aliphatic rings. The lowest BCUT2D eigenvalue weighted by atomic mass is 10.1. The van der Waals surface area contributed by atoms with Gasteiger partial charge in [0, 0.05) is 5.56 Å². The number of hydrogen-bond acceptors (Lipinski definition) is 4. The summed E-state index contributed by atoms with van der Waals surface area (Å²) in [7, 11) is 0. The van der Waals surface area contributed by atoms with Crippen LogP contribution in [-0.4, -0.2) is 19.7 Å². The Morgan fingerprint density at radius 1 is 1.00 bits per heavy atom. The van der Waals surface area contributed by atoms with E-state index < -0.39 is 11.6 Å². The molecule has 0 spiro atoms. The molecule has 0 saturated carbocycles. The van der Waals surface area contributed by atoms with E-state index in [-0.39, 0.29) is 5.69 Å². The second-order valence-electron chi connectivity index (χ2n) is 4.60. The van der Waals surface area contributed by atoms with Crippen molar-refractivity contribution in [2.75, 3.05) is 0 Å². The lowest BCUT2D eigenvalue weighted by Gasteiger charge is -2.09. The predicted octanol–water partition coefficient (Wildman–Crippen LogP) is 3.82. The minimum atomic E-state index is -0.675. The third-order valence-corrected chi connectivity index (χ3v) is 4.12. The minimum Gasteiger partial charge on any atom is -0.276 e. The zero-order chi connectivity index (χ0) is 15.1. The van der Waals surface area contributed by atoms with Crippen molar-refractivity contribution in [3.63, 3.8) is 0 Å². The van der Waals surface area contributed by atoms with E-state index in [4.69, 9.17) is 0 Å². The number of hydrogen-bond donors (Lipinski definition) is 0. The van der Waals surface area contributed by atoms with Crippen molar-refractivity contribution in [2.24, 2.45) is 0 Å². The van der Waals surface area contributed by atoms with E-state index in [0.717, 1.165) is 10.2 Å². The van der Waals surface area contributed by atoms with Gasteiger partial charge in [0.15, 0.2) is 5.82 Å². The van der Waals surface area contributed by atoms with Gasteiger partial charge >= 0.3 is 0 Å². The molecule has 0 aliphatic heterocycles. The quantitative estimate of drug-likeness (QED) is 0.565. The highest BCUT2D eigenvalue weighted by Crippen LogP contribution is 2.30. The van der Waals surface area contributed by atoms with Crippen LogP contribution in [0.3, 0.4) is 0 Å². The van der Waals surface area contributed by atoms with Gasteiger partial charge in [0.1, 0.15) is 23.6 Å². The van der Waals surface area contributed by atoms with Crippen molar-refractivity contribution in [3.8, 4) is 17.1 Å². The lowest BCUT2D eigenvalue weighted by molar-refractivity contribution is 0.569. The highest BCUT2D eigenvalue weighted by molar-refractivity contribution is 7.16. The smallest absolute Gasteiger partial charge is 0.170 e. The zero-order valence-corrected chi connectivity index (χ0v) is 11.9. The maximum atomic E-state index is 14.0. The molecule has 0 atom stereocenters. The first-order valence-electron chi connectivity index (χ1n) is 6.42. The molecule has 4 rings (SSSR count). The molecule has 22 heavy (non-hydrogen) atoms. The summed E-state index contributed by atoms with van der Waals surface area (Å²) in [5.41, 5.74) is 2.94. The molecule has 2 aromatic heterocycles. The van der Waals surface area contributed by atoms with Crippen LogP contribution in [0.4, 0.5) is 8.78 Å². The standard InChI is InChI=1S/C15H8F2N4S/c16-10-4-2-5-11(17)14(10)21-7-19-20-15(21)9-3-1-6-12-13(9)18-8-22-12/h1-8H. The van der Waals surface area contributed by atoms with E-state index in [2.05, 4.69) is 15.2 Å². The monoisotopic (exact) mass is 314 g/mol. The summed E-state index contributed by atoms with van der Waals surface area (Å²) in [6, 6.07) is 9.31. The summed E-state index contributed by atoms with van der Waals surface area (Å²) >= 11 is 1.49. The van der Waals surface area contributed by atoms with Crippen LogP contribution >= 0.6 is 11.3 Å². The number of para-hydroxylation sites is 2. The maximum absolute atomic E-state index is 14.0. The highest BCUT2D eigenvalue weighted by atomic mass is 32.1. The summed E-state index contributed by atoms with van der Waals surface area (Å²) in [5.74, 6) is -1.00. The number of halogens is 2. The van der Waals surface area contributed by atoms with Crippen molar-refractivity contribution >= 4 is 21.6 Å². The molecule has 7 heteroatoms. The molecule has 0 N–H and O–H groups in total.